The van der Waals surface area contributed by atoms with Crippen molar-refractivity contribution in [3.05, 3.63) is 83.9 Å². The lowest BCUT2D eigenvalue weighted by molar-refractivity contribution is 0.0445. The van der Waals surface area contributed by atoms with Gasteiger partial charge in [-0.25, -0.2) is 0 Å². The molecule has 3 nitrogen and oxygen atoms in total. The molecule has 1 N–H and O–H groups in total. The SMILES string of the molecule is O=C1n2c3ccccc3c3cccc(c32)C1(O)c1ccccc1. The van der Waals surface area contributed by atoms with Crippen LogP contribution in [0.1, 0.15) is 15.9 Å². The number of hydrogen-bond donors (Lipinski definition) is 1. The summed E-state index contributed by atoms with van der Waals surface area (Å²) in [6, 6.07) is 22.7. The first kappa shape index (κ1) is 12.6. The molecule has 0 radical (unpaired) electrons. The molecule has 1 atom stereocenters. The molecule has 3 aromatic carbocycles. The van der Waals surface area contributed by atoms with Crippen molar-refractivity contribution < 1.29 is 9.90 Å². The molecule has 110 valence electrons. The second kappa shape index (κ2) is 4.09. The molecule has 4 aromatic rings. The van der Waals surface area contributed by atoms with Crippen molar-refractivity contribution in [3.63, 3.8) is 0 Å². The minimum atomic E-state index is -1.62. The summed E-state index contributed by atoms with van der Waals surface area (Å²) in [5.41, 5.74) is 1.28. The van der Waals surface area contributed by atoms with Gasteiger partial charge in [-0.1, -0.05) is 66.7 Å². The molecule has 1 aliphatic rings. The minimum Gasteiger partial charge on any atom is -0.372 e. The molecule has 0 saturated carbocycles. The number of fused-ring (bicyclic) bond motifs is 3. The maximum atomic E-state index is 13.2. The summed E-state index contributed by atoms with van der Waals surface area (Å²) >= 11 is 0. The lowest BCUT2D eigenvalue weighted by Gasteiger charge is -2.22. The third kappa shape index (κ3) is 1.36. The summed E-state index contributed by atoms with van der Waals surface area (Å²) in [7, 11) is 0. The Hall–Kier alpha value is -2.91. The molecule has 2 heterocycles. The number of para-hydroxylation sites is 2. The molecule has 0 amide bonds. The topological polar surface area (TPSA) is 42.2 Å². The molecule has 0 saturated heterocycles. The van der Waals surface area contributed by atoms with Crippen LogP contribution in [0.25, 0.3) is 21.8 Å². The lowest BCUT2D eigenvalue weighted by atomic mass is 9.86. The van der Waals surface area contributed by atoms with Crippen molar-refractivity contribution in [2.45, 2.75) is 5.60 Å². The zero-order valence-corrected chi connectivity index (χ0v) is 12.2. The molecule has 5 rings (SSSR count). The van der Waals surface area contributed by atoms with Crippen LogP contribution in [0.2, 0.25) is 0 Å². The van der Waals surface area contributed by atoms with E-state index in [9.17, 15) is 9.90 Å². The van der Waals surface area contributed by atoms with Gasteiger partial charge in [0, 0.05) is 16.3 Å². The Balaban J connectivity index is 1.97. The van der Waals surface area contributed by atoms with Gasteiger partial charge in [-0.05, 0) is 11.6 Å². The van der Waals surface area contributed by atoms with Crippen LogP contribution in [-0.4, -0.2) is 15.6 Å². The molecule has 23 heavy (non-hydrogen) atoms. The third-order valence-electron chi connectivity index (χ3n) is 4.79. The summed E-state index contributed by atoms with van der Waals surface area (Å²) < 4.78 is 1.66. The van der Waals surface area contributed by atoms with Gasteiger partial charge in [0.2, 0.25) is 0 Å². The Kier molecular flexibility index (Phi) is 2.24. The van der Waals surface area contributed by atoms with E-state index >= 15 is 0 Å². The number of aromatic nitrogens is 1. The van der Waals surface area contributed by atoms with Gasteiger partial charge >= 0.3 is 0 Å². The monoisotopic (exact) mass is 299 g/mol. The zero-order chi connectivity index (χ0) is 15.6. The number of nitrogens with zero attached hydrogens (tertiary/aromatic N) is 1. The van der Waals surface area contributed by atoms with Crippen LogP contribution in [-0.2, 0) is 5.60 Å². The highest BCUT2D eigenvalue weighted by Crippen LogP contribution is 2.45. The van der Waals surface area contributed by atoms with Gasteiger partial charge in [0.25, 0.3) is 5.91 Å². The molecule has 1 aromatic heterocycles. The first-order valence-electron chi connectivity index (χ1n) is 7.58. The van der Waals surface area contributed by atoms with E-state index in [0.29, 0.717) is 11.1 Å². The third-order valence-corrected chi connectivity index (χ3v) is 4.79. The van der Waals surface area contributed by atoms with Crippen molar-refractivity contribution in [3.8, 4) is 0 Å². The standard InChI is InChI=1S/C20H13NO2/c22-19-20(23,13-7-2-1-3-8-13)16-11-6-10-15-14-9-4-5-12-17(14)21(19)18(15)16/h1-12,23H. The van der Waals surface area contributed by atoms with E-state index in [4.69, 9.17) is 0 Å². The van der Waals surface area contributed by atoms with Crippen molar-refractivity contribution in [1.82, 2.24) is 4.57 Å². The molecule has 1 aliphatic heterocycles. The van der Waals surface area contributed by atoms with Gasteiger partial charge in [0.05, 0.1) is 11.0 Å². The Morgan fingerprint density at radius 3 is 2.30 bits per heavy atom. The minimum absolute atomic E-state index is 0.309. The van der Waals surface area contributed by atoms with Crippen molar-refractivity contribution in [1.29, 1.82) is 0 Å². The largest absolute Gasteiger partial charge is 0.372 e. The summed E-state index contributed by atoms with van der Waals surface area (Å²) in [5, 5.41) is 13.4. The van der Waals surface area contributed by atoms with E-state index in [1.807, 2.05) is 60.7 Å². The van der Waals surface area contributed by atoms with Crippen molar-refractivity contribution in [2.24, 2.45) is 0 Å². The zero-order valence-electron chi connectivity index (χ0n) is 12.2. The molecular weight excluding hydrogens is 286 g/mol. The molecule has 0 spiro atoms. The second-order valence-electron chi connectivity index (χ2n) is 5.94. The number of hydrogen-bond acceptors (Lipinski definition) is 2. The van der Waals surface area contributed by atoms with Crippen LogP contribution in [0, 0.1) is 0 Å². The van der Waals surface area contributed by atoms with Gasteiger partial charge in [0.15, 0.2) is 5.60 Å². The predicted molar refractivity (Wildman–Crippen MR) is 89.5 cm³/mol. The highest BCUT2D eigenvalue weighted by atomic mass is 16.3. The summed E-state index contributed by atoms with van der Waals surface area (Å²) in [6.45, 7) is 0. The fourth-order valence-corrected chi connectivity index (χ4v) is 3.76. The quantitative estimate of drug-likeness (QED) is 0.582. The number of aliphatic hydroxyl groups is 1. The molecular formula is C20H13NO2. The maximum absolute atomic E-state index is 13.2. The maximum Gasteiger partial charge on any atom is 0.273 e. The lowest BCUT2D eigenvalue weighted by Crippen LogP contribution is -2.35. The van der Waals surface area contributed by atoms with E-state index in [0.717, 1.165) is 21.8 Å². The predicted octanol–water partition coefficient (Wildman–Crippen LogP) is 3.68. The van der Waals surface area contributed by atoms with E-state index < -0.39 is 5.60 Å². The van der Waals surface area contributed by atoms with Crippen LogP contribution in [0.5, 0.6) is 0 Å². The van der Waals surface area contributed by atoms with E-state index in [1.165, 1.54) is 0 Å². The Labute approximate surface area is 132 Å². The molecule has 0 aliphatic carbocycles. The fraction of sp³-hybridized carbons (Fsp3) is 0.0500. The summed E-state index contributed by atoms with van der Waals surface area (Å²) in [4.78, 5) is 13.2. The van der Waals surface area contributed by atoms with Gasteiger partial charge in [-0.2, -0.15) is 0 Å². The van der Waals surface area contributed by atoms with Crippen molar-refractivity contribution >= 4 is 27.7 Å². The second-order valence-corrected chi connectivity index (χ2v) is 5.94. The molecule has 0 bridgehead atoms. The molecule has 0 fully saturated rings. The number of carbonyl (C=O) groups is 1. The van der Waals surface area contributed by atoms with E-state index in [1.54, 1.807) is 16.7 Å². The van der Waals surface area contributed by atoms with Gasteiger partial charge in [-0.15, -0.1) is 0 Å². The molecule has 3 heteroatoms. The van der Waals surface area contributed by atoms with E-state index in [2.05, 4.69) is 0 Å². The van der Waals surface area contributed by atoms with E-state index in [-0.39, 0.29) is 5.91 Å². The van der Waals surface area contributed by atoms with Crippen LogP contribution < -0.4 is 0 Å². The smallest absolute Gasteiger partial charge is 0.273 e. The summed E-state index contributed by atoms with van der Waals surface area (Å²) in [6.07, 6.45) is 0. The fourth-order valence-electron chi connectivity index (χ4n) is 3.76. The number of carbonyl (C=O) groups excluding carboxylic acids is 1. The Morgan fingerprint density at radius 1 is 0.783 bits per heavy atom. The van der Waals surface area contributed by atoms with Gasteiger partial charge < -0.3 is 5.11 Å². The Bertz CT molecular complexity index is 1090. The average Bonchev–Trinajstić information content (AvgIpc) is 3.06. The van der Waals surface area contributed by atoms with Crippen molar-refractivity contribution in [2.75, 3.05) is 0 Å². The highest BCUT2D eigenvalue weighted by Gasteiger charge is 2.48. The average molecular weight is 299 g/mol. The first-order valence-corrected chi connectivity index (χ1v) is 7.58. The van der Waals surface area contributed by atoms with Crippen LogP contribution in [0.4, 0.5) is 0 Å². The first-order chi connectivity index (χ1) is 11.2. The highest BCUT2D eigenvalue weighted by molar-refractivity contribution is 6.20. The molecule has 1 unspecified atom stereocenters. The normalized spacial score (nSPS) is 19.8. The number of rotatable bonds is 1. The summed E-state index contributed by atoms with van der Waals surface area (Å²) in [5.74, 6) is -0.309. The van der Waals surface area contributed by atoms with Gasteiger partial charge in [0.1, 0.15) is 0 Å². The van der Waals surface area contributed by atoms with Crippen LogP contribution in [0.15, 0.2) is 72.8 Å². The number of benzene rings is 3. The van der Waals surface area contributed by atoms with Crippen LogP contribution >= 0.6 is 0 Å². The van der Waals surface area contributed by atoms with Gasteiger partial charge in [-0.3, -0.25) is 9.36 Å². The van der Waals surface area contributed by atoms with Crippen LogP contribution in [0.3, 0.4) is 0 Å². The Morgan fingerprint density at radius 2 is 1.48 bits per heavy atom.